The largest absolute Gasteiger partial charge is 0.310 e. The van der Waals surface area contributed by atoms with E-state index in [4.69, 9.17) is 0 Å². The summed E-state index contributed by atoms with van der Waals surface area (Å²) in [6, 6.07) is 77.0. The van der Waals surface area contributed by atoms with Crippen LogP contribution >= 0.6 is 0 Å². The van der Waals surface area contributed by atoms with Crippen LogP contribution in [0.15, 0.2) is 212 Å². The van der Waals surface area contributed by atoms with Crippen molar-refractivity contribution >= 4 is 65.1 Å². The third-order valence-electron chi connectivity index (χ3n) is 10.5. The Bertz CT molecular complexity index is 2670. The molecule has 0 radical (unpaired) electrons. The Labute approximate surface area is 318 Å². The molecular weight excluding hydrogens is 671 g/mol. The number of nitrogens with zero attached hydrogens (tertiary/aromatic N) is 3. The number of hydrogen-bond acceptors (Lipinski definition) is 2. The first-order chi connectivity index (χ1) is 26.8. The first-order valence-electron chi connectivity index (χ1n) is 18.6. The van der Waals surface area contributed by atoms with E-state index in [1.807, 2.05) is 0 Å². The molecule has 3 nitrogen and oxygen atoms in total. The molecule has 0 amide bonds. The Hall–Kier alpha value is -6.88. The average molecular weight is 708 g/mol. The van der Waals surface area contributed by atoms with Gasteiger partial charge in [0.2, 0.25) is 0 Å². The zero-order chi connectivity index (χ0) is 35.8. The van der Waals surface area contributed by atoms with Gasteiger partial charge in [-0.15, -0.1) is 0 Å². The summed E-state index contributed by atoms with van der Waals surface area (Å²) < 4.78 is 2.47. The minimum Gasteiger partial charge on any atom is -0.310 e. The van der Waals surface area contributed by atoms with Gasteiger partial charge in [-0.3, -0.25) is 9.47 Å². The van der Waals surface area contributed by atoms with Crippen molar-refractivity contribution in [3.05, 3.63) is 212 Å². The predicted molar refractivity (Wildman–Crippen MR) is 231 cm³/mol. The third kappa shape index (κ3) is 5.61. The van der Waals surface area contributed by atoms with E-state index in [1.165, 1.54) is 60.7 Å². The van der Waals surface area contributed by atoms with Crippen molar-refractivity contribution < 1.29 is 0 Å². The van der Waals surface area contributed by atoms with Gasteiger partial charge in [-0.1, -0.05) is 133 Å². The van der Waals surface area contributed by atoms with Crippen molar-refractivity contribution in [1.29, 1.82) is 0 Å². The molecule has 1 aromatic heterocycles. The van der Waals surface area contributed by atoms with E-state index in [9.17, 15) is 0 Å². The molecule has 54 heavy (non-hydrogen) atoms. The molecule has 256 valence electrons. The average Bonchev–Trinajstić information content (AvgIpc) is 3.58. The quantitative estimate of drug-likeness (QED) is 0.153. The van der Waals surface area contributed by atoms with Gasteiger partial charge in [-0.05, 0) is 111 Å². The van der Waals surface area contributed by atoms with E-state index in [2.05, 4.69) is 227 Å². The van der Waals surface area contributed by atoms with Crippen LogP contribution in [0.25, 0.3) is 38.8 Å². The normalized spacial score (nSPS) is 12.4. The summed E-state index contributed by atoms with van der Waals surface area (Å²) >= 11 is 0. The molecule has 1 aliphatic heterocycles. The Morgan fingerprint density at radius 2 is 0.926 bits per heavy atom. The SMILES string of the molecule is c1ccc(-c2cc(-c3ccccc3)cc(N(c3ccccc3)c3ccc4c(c3)[SiH2]c3c(n(-c5ccccc5)c5ccccc35)N4c3ccccc3)c2)cc1. The van der Waals surface area contributed by atoms with Gasteiger partial charge < -0.3 is 4.90 Å². The van der Waals surface area contributed by atoms with Crippen molar-refractivity contribution in [2.75, 3.05) is 9.80 Å². The van der Waals surface area contributed by atoms with Gasteiger partial charge in [0.05, 0.1) is 15.0 Å². The number of rotatable bonds is 7. The maximum absolute atomic E-state index is 2.49. The van der Waals surface area contributed by atoms with Gasteiger partial charge in [-0.2, -0.15) is 0 Å². The lowest BCUT2D eigenvalue weighted by molar-refractivity contribution is 1.08. The molecule has 0 spiro atoms. The minimum absolute atomic E-state index is 0.939. The van der Waals surface area contributed by atoms with Gasteiger partial charge in [-0.25, -0.2) is 0 Å². The minimum atomic E-state index is -0.939. The molecule has 0 aliphatic carbocycles. The van der Waals surface area contributed by atoms with Gasteiger partial charge in [0, 0.05) is 39.5 Å². The molecule has 8 aromatic carbocycles. The standard InChI is InChI=1S/C50H37N3Si/c1-6-18-36(19-7-1)38-32-39(37-20-8-2-9-21-37)34-44(33-38)51(40-22-10-3-11-23-40)43-30-31-47-48(35-43)54-49-45-28-16-17-29-46(45)52(41-24-12-4-13-25-41)50(49)53(47)42-26-14-5-15-27-42/h1-35H,54H2. The maximum Gasteiger partial charge on any atom is 0.122 e. The monoisotopic (exact) mass is 707 g/mol. The smallest absolute Gasteiger partial charge is 0.122 e. The number of anilines is 6. The lowest BCUT2D eigenvalue weighted by atomic mass is 9.97. The molecule has 0 saturated heterocycles. The molecule has 0 atom stereocenters. The number of fused-ring (bicyclic) bond motifs is 4. The molecule has 1 aliphatic rings. The van der Waals surface area contributed by atoms with E-state index < -0.39 is 9.52 Å². The van der Waals surface area contributed by atoms with Gasteiger partial charge in [0.25, 0.3) is 0 Å². The third-order valence-corrected chi connectivity index (χ3v) is 12.5. The van der Waals surface area contributed by atoms with Gasteiger partial charge >= 0.3 is 0 Å². The van der Waals surface area contributed by atoms with Crippen LogP contribution in [-0.2, 0) is 0 Å². The number of hydrogen-bond donors (Lipinski definition) is 0. The van der Waals surface area contributed by atoms with Gasteiger partial charge in [0.15, 0.2) is 0 Å². The second-order valence-electron chi connectivity index (χ2n) is 13.8. The maximum atomic E-state index is 2.49. The number of benzene rings is 8. The highest BCUT2D eigenvalue weighted by Gasteiger charge is 2.32. The molecule has 0 saturated carbocycles. The molecular formula is C50H37N3Si. The lowest BCUT2D eigenvalue weighted by Gasteiger charge is -2.35. The van der Waals surface area contributed by atoms with Crippen LogP contribution in [0, 0.1) is 0 Å². The predicted octanol–water partition coefficient (Wildman–Crippen LogP) is 11.3. The van der Waals surface area contributed by atoms with Crippen molar-refractivity contribution in [3.8, 4) is 27.9 Å². The molecule has 10 rings (SSSR count). The van der Waals surface area contributed by atoms with Crippen LogP contribution in [0.5, 0.6) is 0 Å². The summed E-state index contributed by atoms with van der Waals surface area (Å²) in [5.41, 5.74) is 13.0. The van der Waals surface area contributed by atoms with Crippen LogP contribution in [0.1, 0.15) is 0 Å². The van der Waals surface area contributed by atoms with Crippen LogP contribution in [0.4, 0.5) is 34.3 Å². The van der Waals surface area contributed by atoms with Crippen molar-refractivity contribution in [2.24, 2.45) is 0 Å². The fourth-order valence-electron chi connectivity index (χ4n) is 8.11. The number of aromatic nitrogens is 1. The Morgan fingerprint density at radius 1 is 0.389 bits per heavy atom. The van der Waals surface area contributed by atoms with Crippen LogP contribution in [-0.4, -0.2) is 14.1 Å². The Morgan fingerprint density at radius 3 is 1.56 bits per heavy atom. The van der Waals surface area contributed by atoms with E-state index >= 15 is 0 Å². The second kappa shape index (κ2) is 13.6. The zero-order valence-electron chi connectivity index (χ0n) is 29.8. The van der Waals surface area contributed by atoms with Gasteiger partial charge in [0.1, 0.15) is 5.82 Å². The first-order valence-corrected chi connectivity index (χ1v) is 20.0. The summed E-state index contributed by atoms with van der Waals surface area (Å²) in [5.74, 6) is 1.25. The fraction of sp³-hybridized carbons (Fsp3) is 0. The zero-order valence-corrected chi connectivity index (χ0v) is 31.2. The second-order valence-corrected chi connectivity index (χ2v) is 15.6. The van der Waals surface area contributed by atoms with E-state index in [0.717, 1.165) is 22.7 Å². The number of para-hydroxylation sites is 4. The highest BCUT2D eigenvalue weighted by Crippen LogP contribution is 2.43. The van der Waals surface area contributed by atoms with E-state index in [0.29, 0.717) is 0 Å². The molecule has 0 N–H and O–H groups in total. The lowest BCUT2D eigenvalue weighted by Crippen LogP contribution is -2.40. The highest BCUT2D eigenvalue weighted by molar-refractivity contribution is 6.74. The summed E-state index contributed by atoms with van der Waals surface area (Å²) in [6.45, 7) is 0. The molecule has 0 unspecified atom stereocenters. The van der Waals surface area contributed by atoms with Crippen LogP contribution in [0.3, 0.4) is 0 Å². The fourth-order valence-corrected chi connectivity index (χ4v) is 10.2. The molecule has 2 heterocycles. The summed E-state index contributed by atoms with van der Waals surface area (Å²) in [4.78, 5) is 4.93. The summed E-state index contributed by atoms with van der Waals surface area (Å²) in [6.07, 6.45) is 0. The molecule has 0 bridgehead atoms. The van der Waals surface area contributed by atoms with E-state index in [1.54, 1.807) is 0 Å². The Kier molecular flexibility index (Phi) is 8.01. The topological polar surface area (TPSA) is 11.4 Å². The molecule has 0 fully saturated rings. The Balaban J connectivity index is 1.19. The summed E-state index contributed by atoms with van der Waals surface area (Å²) in [7, 11) is -0.939. The van der Waals surface area contributed by atoms with Crippen molar-refractivity contribution in [3.63, 3.8) is 0 Å². The molecule has 4 heteroatoms. The summed E-state index contributed by atoms with van der Waals surface area (Å²) in [5, 5.41) is 4.22. The van der Waals surface area contributed by atoms with Crippen molar-refractivity contribution in [1.82, 2.24) is 4.57 Å². The molecule has 9 aromatic rings. The van der Waals surface area contributed by atoms with E-state index in [-0.39, 0.29) is 0 Å². The van der Waals surface area contributed by atoms with Crippen LogP contribution in [0.2, 0.25) is 0 Å². The van der Waals surface area contributed by atoms with Crippen LogP contribution < -0.4 is 20.2 Å². The highest BCUT2D eigenvalue weighted by atomic mass is 28.2. The van der Waals surface area contributed by atoms with Crippen molar-refractivity contribution in [2.45, 2.75) is 0 Å². The first kappa shape index (κ1) is 31.8.